The van der Waals surface area contributed by atoms with Gasteiger partial charge in [0.15, 0.2) is 0 Å². The van der Waals surface area contributed by atoms with E-state index in [1.165, 1.54) is 0 Å². The van der Waals surface area contributed by atoms with E-state index in [1.54, 1.807) is 0 Å². The van der Waals surface area contributed by atoms with Crippen LogP contribution in [0.25, 0.3) is 0 Å². The van der Waals surface area contributed by atoms with Crippen LogP contribution in [-0.4, -0.2) is 12.7 Å². The van der Waals surface area contributed by atoms with Gasteiger partial charge in [0.2, 0.25) is 0 Å². The van der Waals surface area contributed by atoms with Crippen LogP contribution >= 0.6 is 0 Å². The van der Waals surface area contributed by atoms with E-state index in [0.717, 1.165) is 0 Å². The number of nitrogens with two attached hydrogens (primary N) is 1. The maximum Gasteiger partial charge on any atom is 0.0873 e. The second-order valence-electron chi connectivity index (χ2n) is 2.11. The molecular weight excluding hydrogens is 116 g/mol. The maximum absolute atomic E-state index is 5.15. The standard InChI is InChI=1S/C6H14N2O/c1-5(2)9-4-6(3)8-7/h5,8H,3-4,7H2,1-2H3. The van der Waals surface area contributed by atoms with Gasteiger partial charge in [0.25, 0.3) is 0 Å². The lowest BCUT2D eigenvalue weighted by Gasteiger charge is -2.08. The van der Waals surface area contributed by atoms with Gasteiger partial charge < -0.3 is 10.2 Å². The van der Waals surface area contributed by atoms with Crippen LogP contribution in [0.1, 0.15) is 13.8 Å². The quantitative estimate of drug-likeness (QED) is 0.427. The average Bonchev–Trinajstić information content (AvgIpc) is 1.83. The topological polar surface area (TPSA) is 47.3 Å². The predicted octanol–water partition coefficient (Wildman–Crippen LogP) is 0.388. The van der Waals surface area contributed by atoms with Gasteiger partial charge in [-0.15, -0.1) is 0 Å². The third kappa shape index (κ3) is 5.33. The van der Waals surface area contributed by atoms with E-state index in [2.05, 4.69) is 12.0 Å². The fourth-order valence-electron chi connectivity index (χ4n) is 0.309. The molecule has 0 atom stereocenters. The first-order valence-electron chi connectivity index (χ1n) is 2.92. The van der Waals surface area contributed by atoms with Crippen molar-refractivity contribution < 1.29 is 4.74 Å². The van der Waals surface area contributed by atoms with Gasteiger partial charge in [-0.3, -0.25) is 5.84 Å². The van der Waals surface area contributed by atoms with E-state index in [0.29, 0.717) is 12.3 Å². The van der Waals surface area contributed by atoms with Crippen LogP contribution in [0.15, 0.2) is 12.3 Å². The van der Waals surface area contributed by atoms with Crippen LogP contribution in [-0.2, 0) is 4.74 Å². The van der Waals surface area contributed by atoms with Gasteiger partial charge in [0, 0.05) is 5.70 Å². The van der Waals surface area contributed by atoms with Crippen molar-refractivity contribution in [1.29, 1.82) is 0 Å². The van der Waals surface area contributed by atoms with Crippen molar-refractivity contribution >= 4 is 0 Å². The minimum atomic E-state index is 0.232. The second-order valence-corrected chi connectivity index (χ2v) is 2.11. The second kappa shape index (κ2) is 4.35. The molecule has 0 saturated carbocycles. The van der Waals surface area contributed by atoms with Gasteiger partial charge >= 0.3 is 0 Å². The molecule has 0 unspecified atom stereocenters. The number of hydrazine groups is 1. The Kier molecular flexibility index (Phi) is 4.09. The molecule has 0 aliphatic carbocycles. The molecule has 0 spiro atoms. The highest BCUT2D eigenvalue weighted by molar-refractivity contribution is 4.87. The van der Waals surface area contributed by atoms with Gasteiger partial charge in [-0.05, 0) is 13.8 Å². The first-order chi connectivity index (χ1) is 4.16. The number of rotatable bonds is 4. The van der Waals surface area contributed by atoms with Crippen LogP contribution in [0.2, 0.25) is 0 Å². The van der Waals surface area contributed by atoms with E-state index in [4.69, 9.17) is 10.6 Å². The van der Waals surface area contributed by atoms with Crippen molar-refractivity contribution in [3.05, 3.63) is 12.3 Å². The lowest BCUT2D eigenvalue weighted by Crippen LogP contribution is -2.24. The summed E-state index contributed by atoms with van der Waals surface area (Å²) in [6.07, 6.45) is 0.232. The van der Waals surface area contributed by atoms with Crippen molar-refractivity contribution in [1.82, 2.24) is 5.43 Å². The molecule has 0 rings (SSSR count). The molecule has 0 radical (unpaired) electrons. The summed E-state index contributed by atoms with van der Waals surface area (Å²) in [6.45, 7) is 7.99. The molecule has 0 aliphatic heterocycles. The molecule has 3 N–H and O–H groups in total. The molecule has 0 aromatic heterocycles. The monoisotopic (exact) mass is 130 g/mol. The van der Waals surface area contributed by atoms with Crippen molar-refractivity contribution in [2.45, 2.75) is 20.0 Å². The lowest BCUT2D eigenvalue weighted by molar-refractivity contribution is 0.0944. The summed E-state index contributed by atoms with van der Waals surface area (Å²) in [7, 11) is 0. The Labute approximate surface area is 55.8 Å². The summed E-state index contributed by atoms with van der Waals surface area (Å²) in [4.78, 5) is 0. The summed E-state index contributed by atoms with van der Waals surface area (Å²) in [5.41, 5.74) is 3.10. The molecule has 9 heavy (non-hydrogen) atoms. The van der Waals surface area contributed by atoms with Crippen molar-refractivity contribution in [3.8, 4) is 0 Å². The van der Waals surface area contributed by atoms with Gasteiger partial charge in [-0.2, -0.15) is 0 Å². The zero-order valence-corrected chi connectivity index (χ0v) is 5.98. The Morgan fingerprint density at radius 3 is 2.67 bits per heavy atom. The Balaban J connectivity index is 3.17. The molecule has 0 amide bonds. The molecule has 54 valence electrons. The molecule has 3 heteroatoms. The van der Waals surface area contributed by atoms with Crippen LogP contribution in [0.5, 0.6) is 0 Å². The zero-order valence-electron chi connectivity index (χ0n) is 5.98. The lowest BCUT2D eigenvalue weighted by atomic mass is 10.4. The van der Waals surface area contributed by atoms with Gasteiger partial charge in [0.05, 0.1) is 12.7 Å². The third-order valence-electron chi connectivity index (χ3n) is 0.795. The van der Waals surface area contributed by atoms with E-state index >= 15 is 0 Å². The summed E-state index contributed by atoms with van der Waals surface area (Å²) < 4.78 is 5.15. The summed E-state index contributed by atoms with van der Waals surface area (Å²) in [5, 5.41) is 0. The predicted molar refractivity (Wildman–Crippen MR) is 37.6 cm³/mol. The third-order valence-corrected chi connectivity index (χ3v) is 0.795. The Hall–Kier alpha value is -0.540. The summed E-state index contributed by atoms with van der Waals surface area (Å²) in [6, 6.07) is 0. The van der Waals surface area contributed by atoms with Gasteiger partial charge in [-0.1, -0.05) is 6.58 Å². The summed E-state index contributed by atoms with van der Waals surface area (Å²) >= 11 is 0. The Bertz CT molecular complexity index is 91.1. The fraction of sp³-hybridized carbons (Fsp3) is 0.667. The average molecular weight is 130 g/mol. The molecular formula is C6H14N2O. The van der Waals surface area contributed by atoms with Crippen molar-refractivity contribution in [2.24, 2.45) is 5.84 Å². The molecule has 0 aromatic rings. The number of hydrogen-bond acceptors (Lipinski definition) is 3. The molecule has 0 aromatic carbocycles. The summed E-state index contributed by atoms with van der Waals surface area (Å²) in [5.74, 6) is 5.03. The highest BCUT2D eigenvalue weighted by atomic mass is 16.5. The molecule has 0 aliphatic rings. The van der Waals surface area contributed by atoms with Crippen LogP contribution < -0.4 is 11.3 Å². The maximum atomic E-state index is 5.15. The van der Waals surface area contributed by atoms with Gasteiger partial charge in [0.1, 0.15) is 0 Å². The van der Waals surface area contributed by atoms with E-state index < -0.39 is 0 Å². The number of nitrogens with one attached hydrogen (secondary N) is 1. The van der Waals surface area contributed by atoms with Crippen molar-refractivity contribution in [2.75, 3.05) is 6.61 Å². The molecule has 0 fully saturated rings. The molecule has 3 nitrogen and oxygen atoms in total. The molecule has 0 heterocycles. The van der Waals surface area contributed by atoms with E-state index in [9.17, 15) is 0 Å². The van der Waals surface area contributed by atoms with E-state index in [1.807, 2.05) is 13.8 Å². The first-order valence-corrected chi connectivity index (χ1v) is 2.92. The smallest absolute Gasteiger partial charge is 0.0873 e. The normalized spacial score (nSPS) is 9.78. The van der Waals surface area contributed by atoms with Crippen LogP contribution in [0, 0.1) is 0 Å². The fourth-order valence-corrected chi connectivity index (χ4v) is 0.309. The van der Waals surface area contributed by atoms with Crippen LogP contribution in [0.4, 0.5) is 0 Å². The SMILES string of the molecule is C=C(COC(C)C)NN. The first kappa shape index (κ1) is 8.46. The molecule has 0 saturated heterocycles. The number of hydrogen-bond donors (Lipinski definition) is 2. The van der Waals surface area contributed by atoms with Crippen LogP contribution in [0.3, 0.4) is 0 Å². The highest BCUT2D eigenvalue weighted by Gasteiger charge is 1.93. The van der Waals surface area contributed by atoms with Crippen molar-refractivity contribution in [3.63, 3.8) is 0 Å². The minimum absolute atomic E-state index is 0.232. The minimum Gasteiger partial charge on any atom is -0.373 e. The van der Waals surface area contributed by atoms with Gasteiger partial charge in [-0.25, -0.2) is 0 Å². The highest BCUT2D eigenvalue weighted by Crippen LogP contribution is 1.90. The molecule has 0 bridgehead atoms. The Morgan fingerprint density at radius 1 is 1.78 bits per heavy atom. The van der Waals surface area contributed by atoms with E-state index in [-0.39, 0.29) is 6.10 Å². The number of ether oxygens (including phenoxy) is 1. The zero-order chi connectivity index (χ0) is 7.28. The Morgan fingerprint density at radius 2 is 2.33 bits per heavy atom. The largest absolute Gasteiger partial charge is 0.373 e.